The largest absolute Gasteiger partial charge is 0.493 e. The van der Waals surface area contributed by atoms with E-state index in [2.05, 4.69) is 6.92 Å². The van der Waals surface area contributed by atoms with Crippen LogP contribution >= 0.6 is 23.2 Å². The van der Waals surface area contributed by atoms with Crippen LogP contribution in [0.3, 0.4) is 0 Å². The molecule has 0 bridgehead atoms. The smallest absolute Gasteiger partial charge is 0.122 e. The predicted molar refractivity (Wildman–Crippen MR) is 61.6 cm³/mol. The highest BCUT2D eigenvalue weighted by atomic mass is 35.5. The molecule has 3 heteroatoms. The highest BCUT2D eigenvalue weighted by Gasteiger charge is 2.03. The normalized spacial score (nSPS) is 12.6. The van der Waals surface area contributed by atoms with Crippen molar-refractivity contribution >= 4 is 23.2 Å². The van der Waals surface area contributed by atoms with E-state index in [1.54, 1.807) is 0 Å². The molecule has 0 fully saturated rings. The second-order valence-electron chi connectivity index (χ2n) is 3.48. The Labute approximate surface area is 95.0 Å². The van der Waals surface area contributed by atoms with Crippen molar-refractivity contribution in [2.75, 3.05) is 12.5 Å². The summed E-state index contributed by atoms with van der Waals surface area (Å²) in [5.41, 5.74) is 1.05. The molecule has 1 aromatic rings. The first-order chi connectivity index (χ1) is 6.63. The van der Waals surface area contributed by atoms with E-state index >= 15 is 0 Å². The zero-order valence-corrected chi connectivity index (χ0v) is 9.90. The van der Waals surface area contributed by atoms with Crippen LogP contribution in [0.5, 0.6) is 5.75 Å². The van der Waals surface area contributed by atoms with Crippen LogP contribution in [0.2, 0.25) is 5.02 Å². The maximum absolute atomic E-state index is 5.83. The van der Waals surface area contributed by atoms with E-state index in [1.165, 1.54) is 0 Å². The predicted octanol–water partition coefficient (Wildman–Crippen LogP) is 3.90. The minimum absolute atomic E-state index is 0.367. The Balaban J connectivity index is 2.59. The molecule has 0 aliphatic rings. The molecule has 14 heavy (non-hydrogen) atoms. The van der Waals surface area contributed by atoms with Crippen molar-refractivity contribution in [2.24, 2.45) is 5.92 Å². The highest BCUT2D eigenvalue weighted by Crippen LogP contribution is 2.22. The molecule has 0 aliphatic carbocycles. The van der Waals surface area contributed by atoms with Gasteiger partial charge in [0.05, 0.1) is 6.61 Å². The molecule has 0 amide bonds. The van der Waals surface area contributed by atoms with Crippen LogP contribution in [0.4, 0.5) is 0 Å². The molecule has 0 aromatic heterocycles. The first-order valence-corrected chi connectivity index (χ1v) is 5.49. The van der Waals surface area contributed by atoms with Crippen molar-refractivity contribution in [2.45, 2.75) is 13.8 Å². The third kappa shape index (κ3) is 3.39. The molecule has 0 saturated carbocycles. The van der Waals surface area contributed by atoms with Gasteiger partial charge in [0.25, 0.3) is 0 Å². The van der Waals surface area contributed by atoms with Gasteiger partial charge in [-0.2, -0.15) is 0 Å². The van der Waals surface area contributed by atoms with Gasteiger partial charge in [-0.3, -0.25) is 0 Å². The van der Waals surface area contributed by atoms with Crippen molar-refractivity contribution in [3.05, 3.63) is 28.8 Å². The van der Waals surface area contributed by atoms with Crippen LogP contribution in [-0.2, 0) is 0 Å². The molecular weight excluding hydrogens is 219 g/mol. The van der Waals surface area contributed by atoms with Gasteiger partial charge in [0.15, 0.2) is 0 Å². The number of halogens is 2. The lowest BCUT2D eigenvalue weighted by molar-refractivity contribution is 0.271. The Morgan fingerprint density at radius 3 is 2.71 bits per heavy atom. The van der Waals surface area contributed by atoms with E-state index in [9.17, 15) is 0 Å². The summed E-state index contributed by atoms with van der Waals surface area (Å²) in [4.78, 5) is 0. The van der Waals surface area contributed by atoms with E-state index in [0.717, 1.165) is 16.3 Å². The number of aryl methyl sites for hydroxylation is 1. The number of hydrogen-bond donors (Lipinski definition) is 0. The molecular formula is C11H14Cl2O. The second-order valence-corrected chi connectivity index (χ2v) is 4.23. The molecule has 1 atom stereocenters. The zero-order valence-electron chi connectivity index (χ0n) is 8.39. The van der Waals surface area contributed by atoms with Gasteiger partial charge >= 0.3 is 0 Å². The summed E-state index contributed by atoms with van der Waals surface area (Å²) in [5, 5.41) is 0.736. The second kappa shape index (κ2) is 5.47. The van der Waals surface area contributed by atoms with E-state index < -0.39 is 0 Å². The number of alkyl halides is 1. The summed E-state index contributed by atoms with van der Waals surface area (Å²) in [7, 11) is 0. The van der Waals surface area contributed by atoms with Gasteiger partial charge in [-0.15, -0.1) is 11.6 Å². The van der Waals surface area contributed by atoms with Crippen molar-refractivity contribution in [1.29, 1.82) is 0 Å². The molecule has 0 N–H and O–H groups in total. The fourth-order valence-electron chi connectivity index (χ4n) is 1.05. The Hall–Kier alpha value is -0.400. The molecule has 0 spiro atoms. The standard InChI is InChI=1S/C11H14Cl2O/c1-8(6-12)7-14-11-4-3-10(13)5-9(11)2/h3-5,8H,6-7H2,1-2H3. The lowest BCUT2D eigenvalue weighted by Gasteiger charge is -2.12. The lowest BCUT2D eigenvalue weighted by atomic mass is 10.2. The third-order valence-electron chi connectivity index (χ3n) is 1.92. The summed E-state index contributed by atoms with van der Waals surface area (Å²) < 4.78 is 5.60. The minimum atomic E-state index is 0.367. The van der Waals surface area contributed by atoms with Crippen LogP contribution < -0.4 is 4.74 Å². The topological polar surface area (TPSA) is 9.23 Å². The van der Waals surface area contributed by atoms with Gasteiger partial charge < -0.3 is 4.74 Å². The van der Waals surface area contributed by atoms with Crippen molar-refractivity contribution in [3.63, 3.8) is 0 Å². The average Bonchev–Trinajstić information content (AvgIpc) is 2.16. The van der Waals surface area contributed by atoms with E-state index in [4.69, 9.17) is 27.9 Å². The minimum Gasteiger partial charge on any atom is -0.493 e. The molecule has 0 saturated heterocycles. The summed E-state index contributed by atoms with van der Waals surface area (Å²) in [6, 6.07) is 5.61. The molecule has 0 aliphatic heterocycles. The maximum Gasteiger partial charge on any atom is 0.122 e. The van der Waals surface area contributed by atoms with Crippen LogP contribution in [0.1, 0.15) is 12.5 Å². The Morgan fingerprint density at radius 1 is 1.43 bits per heavy atom. The average molecular weight is 233 g/mol. The van der Waals surface area contributed by atoms with E-state index in [1.807, 2.05) is 25.1 Å². The van der Waals surface area contributed by atoms with Crippen LogP contribution in [0.25, 0.3) is 0 Å². The van der Waals surface area contributed by atoms with Crippen molar-refractivity contribution in [3.8, 4) is 5.75 Å². The molecule has 1 unspecified atom stereocenters. The van der Waals surface area contributed by atoms with Crippen LogP contribution in [0, 0.1) is 12.8 Å². The van der Waals surface area contributed by atoms with Crippen molar-refractivity contribution in [1.82, 2.24) is 0 Å². The molecule has 1 rings (SSSR count). The molecule has 78 valence electrons. The molecule has 1 nitrogen and oxygen atoms in total. The number of rotatable bonds is 4. The first-order valence-electron chi connectivity index (χ1n) is 4.58. The quantitative estimate of drug-likeness (QED) is 0.716. The summed E-state index contributed by atoms with van der Waals surface area (Å²) in [5.74, 6) is 1.87. The highest BCUT2D eigenvalue weighted by molar-refractivity contribution is 6.30. The molecule has 0 radical (unpaired) electrons. The summed E-state index contributed by atoms with van der Waals surface area (Å²) in [6.07, 6.45) is 0. The van der Waals surface area contributed by atoms with Gasteiger partial charge in [0.1, 0.15) is 5.75 Å². The maximum atomic E-state index is 5.83. The zero-order chi connectivity index (χ0) is 10.6. The summed E-state index contributed by atoms with van der Waals surface area (Å²) >= 11 is 11.5. The van der Waals surface area contributed by atoms with Crippen LogP contribution in [0.15, 0.2) is 18.2 Å². The van der Waals surface area contributed by atoms with Crippen molar-refractivity contribution < 1.29 is 4.74 Å². The first kappa shape index (κ1) is 11.7. The fraction of sp³-hybridized carbons (Fsp3) is 0.455. The third-order valence-corrected chi connectivity index (χ3v) is 2.69. The van der Waals surface area contributed by atoms with Gasteiger partial charge in [-0.25, -0.2) is 0 Å². The van der Waals surface area contributed by atoms with E-state index in [-0.39, 0.29) is 0 Å². The number of benzene rings is 1. The monoisotopic (exact) mass is 232 g/mol. The van der Waals surface area contributed by atoms with Gasteiger partial charge in [0, 0.05) is 16.8 Å². The molecule has 0 heterocycles. The Bertz CT molecular complexity index is 299. The fourth-order valence-corrected chi connectivity index (χ4v) is 1.37. The molecule has 1 aromatic carbocycles. The van der Waals surface area contributed by atoms with E-state index in [0.29, 0.717) is 18.4 Å². The van der Waals surface area contributed by atoms with Crippen LogP contribution in [-0.4, -0.2) is 12.5 Å². The van der Waals surface area contributed by atoms with Gasteiger partial charge in [-0.05, 0) is 30.7 Å². The summed E-state index contributed by atoms with van der Waals surface area (Å²) in [6.45, 7) is 4.68. The van der Waals surface area contributed by atoms with Gasteiger partial charge in [0.2, 0.25) is 0 Å². The lowest BCUT2D eigenvalue weighted by Crippen LogP contribution is -2.10. The SMILES string of the molecule is Cc1cc(Cl)ccc1OCC(C)CCl. The van der Waals surface area contributed by atoms with Gasteiger partial charge in [-0.1, -0.05) is 18.5 Å². The Morgan fingerprint density at radius 2 is 2.14 bits per heavy atom. The number of hydrogen-bond acceptors (Lipinski definition) is 1. The Kier molecular flexibility index (Phi) is 4.56. The number of ether oxygens (including phenoxy) is 1.